The van der Waals surface area contributed by atoms with E-state index >= 15 is 0 Å². The van der Waals surface area contributed by atoms with Gasteiger partial charge in [0.2, 0.25) is 0 Å². The fourth-order valence-corrected chi connectivity index (χ4v) is 3.62. The summed E-state index contributed by atoms with van der Waals surface area (Å²) in [4.78, 5) is 14.3. The molecular weight excluding hydrogens is 334 g/mol. The van der Waals surface area contributed by atoms with Crippen LogP contribution in [0, 0.1) is 0 Å². The number of nitrogens with zero attached hydrogens (tertiary/aromatic N) is 4. The van der Waals surface area contributed by atoms with Crippen molar-refractivity contribution in [1.29, 1.82) is 0 Å². The van der Waals surface area contributed by atoms with Crippen LogP contribution in [0.1, 0.15) is 17.4 Å². The third-order valence-corrected chi connectivity index (χ3v) is 4.93. The van der Waals surface area contributed by atoms with Crippen LogP contribution in [0.4, 0.5) is 5.82 Å². The molecular formula is C18H17N5OS. The number of imidazole rings is 1. The fourth-order valence-electron chi connectivity index (χ4n) is 2.88. The van der Waals surface area contributed by atoms with Crippen LogP contribution in [0.2, 0.25) is 0 Å². The number of fused-ring (bicyclic) bond motifs is 1. The van der Waals surface area contributed by atoms with Crippen molar-refractivity contribution in [2.24, 2.45) is 7.05 Å². The third-order valence-electron chi connectivity index (χ3n) is 4.11. The van der Waals surface area contributed by atoms with Gasteiger partial charge in [0.1, 0.15) is 34.6 Å². The number of ether oxygens (including phenoxy) is 1. The fraction of sp³-hybridized carbons (Fsp3) is 0.167. The van der Waals surface area contributed by atoms with Gasteiger partial charge in [-0.2, -0.15) is 0 Å². The molecule has 4 rings (SSSR count). The Hall–Kier alpha value is -2.93. The highest BCUT2D eigenvalue weighted by atomic mass is 32.1. The van der Waals surface area contributed by atoms with Crippen molar-refractivity contribution in [3.05, 3.63) is 65.8 Å². The minimum atomic E-state index is -0.200. The summed E-state index contributed by atoms with van der Waals surface area (Å²) in [6.45, 7) is 0. The molecule has 0 radical (unpaired) electrons. The molecule has 0 saturated heterocycles. The molecule has 1 aromatic carbocycles. The van der Waals surface area contributed by atoms with E-state index in [1.165, 1.54) is 0 Å². The summed E-state index contributed by atoms with van der Waals surface area (Å²) in [6.07, 6.45) is 5.30. The van der Waals surface area contributed by atoms with Crippen LogP contribution in [0.15, 0.2) is 54.4 Å². The Labute approximate surface area is 149 Å². The van der Waals surface area contributed by atoms with E-state index < -0.39 is 0 Å². The second-order valence-corrected chi connectivity index (χ2v) is 6.47. The Balaban J connectivity index is 1.84. The van der Waals surface area contributed by atoms with Gasteiger partial charge in [-0.05, 0) is 17.5 Å². The van der Waals surface area contributed by atoms with E-state index in [4.69, 9.17) is 4.74 Å². The van der Waals surface area contributed by atoms with E-state index in [2.05, 4.69) is 20.3 Å². The zero-order chi connectivity index (χ0) is 17.2. The molecule has 0 bridgehead atoms. The van der Waals surface area contributed by atoms with Gasteiger partial charge < -0.3 is 14.6 Å². The SMILES string of the molecule is COc1ccccc1[C@H](Nc1ncnc2sccc12)c1nccn1C. The first-order chi connectivity index (χ1) is 12.3. The Morgan fingerprint density at radius 1 is 1.16 bits per heavy atom. The molecule has 1 atom stereocenters. The topological polar surface area (TPSA) is 64.9 Å². The first-order valence-electron chi connectivity index (χ1n) is 7.83. The average molecular weight is 351 g/mol. The molecule has 0 aliphatic carbocycles. The lowest BCUT2D eigenvalue weighted by atomic mass is 10.0. The number of para-hydroxylation sites is 1. The molecule has 7 heteroatoms. The molecule has 25 heavy (non-hydrogen) atoms. The van der Waals surface area contributed by atoms with Gasteiger partial charge in [-0.15, -0.1) is 11.3 Å². The van der Waals surface area contributed by atoms with Gasteiger partial charge in [-0.25, -0.2) is 15.0 Å². The van der Waals surface area contributed by atoms with Crippen LogP contribution in [-0.4, -0.2) is 26.6 Å². The summed E-state index contributed by atoms with van der Waals surface area (Å²) in [5, 5.41) is 6.55. The first-order valence-corrected chi connectivity index (χ1v) is 8.71. The van der Waals surface area contributed by atoms with Gasteiger partial charge in [-0.3, -0.25) is 0 Å². The van der Waals surface area contributed by atoms with E-state index in [1.807, 2.05) is 53.5 Å². The normalized spacial score (nSPS) is 12.2. The van der Waals surface area contributed by atoms with Crippen molar-refractivity contribution >= 4 is 27.4 Å². The summed E-state index contributed by atoms with van der Waals surface area (Å²) in [6, 6.07) is 9.77. The molecule has 3 heterocycles. The largest absolute Gasteiger partial charge is 0.496 e. The Morgan fingerprint density at radius 2 is 2.04 bits per heavy atom. The molecule has 0 amide bonds. The maximum Gasteiger partial charge on any atom is 0.139 e. The lowest BCUT2D eigenvalue weighted by Crippen LogP contribution is -2.18. The Bertz CT molecular complexity index is 1010. The number of hydrogen-bond donors (Lipinski definition) is 1. The second-order valence-electron chi connectivity index (χ2n) is 5.58. The molecule has 0 saturated carbocycles. The zero-order valence-corrected chi connectivity index (χ0v) is 14.7. The lowest BCUT2D eigenvalue weighted by molar-refractivity contribution is 0.408. The summed E-state index contributed by atoms with van der Waals surface area (Å²) >= 11 is 1.60. The molecule has 0 unspecified atom stereocenters. The van der Waals surface area contributed by atoms with E-state index in [0.29, 0.717) is 0 Å². The number of benzene rings is 1. The van der Waals surface area contributed by atoms with Gasteiger partial charge >= 0.3 is 0 Å². The van der Waals surface area contributed by atoms with E-state index in [0.717, 1.165) is 33.2 Å². The lowest BCUT2D eigenvalue weighted by Gasteiger charge is -2.22. The van der Waals surface area contributed by atoms with E-state index in [-0.39, 0.29) is 6.04 Å². The molecule has 4 aromatic rings. The predicted molar refractivity (Wildman–Crippen MR) is 99.1 cm³/mol. The van der Waals surface area contributed by atoms with Gasteiger partial charge in [-0.1, -0.05) is 18.2 Å². The van der Waals surface area contributed by atoms with Crippen molar-refractivity contribution in [1.82, 2.24) is 19.5 Å². The number of nitrogens with one attached hydrogen (secondary N) is 1. The summed E-state index contributed by atoms with van der Waals surface area (Å²) in [7, 11) is 3.66. The number of thiophene rings is 1. The quantitative estimate of drug-likeness (QED) is 0.595. The number of aryl methyl sites for hydroxylation is 1. The molecule has 1 N–H and O–H groups in total. The molecule has 0 aliphatic heterocycles. The summed E-state index contributed by atoms with van der Waals surface area (Å²) in [5.41, 5.74) is 1.00. The molecule has 6 nitrogen and oxygen atoms in total. The van der Waals surface area contributed by atoms with Crippen LogP contribution < -0.4 is 10.1 Å². The van der Waals surface area contributed by atoms with Gasteiger partial charge in [0, 0.05) is 25.0 Å². The van der Waals surface area contributed by atoms with E-state index in [1.54, 1.807) is 31.0 Å². The molecule has 0 fully saturated rings. The predicted octanol–water partition coefficient (Wildman–Crippen LogP) is 3.63. The summed E-state index contributed by atoms with van der Waals surface area (Å²) in [5.74, 6) is 2.47. The highest BCUT2D eigenvalue weighted by Crippen LogP contribution is 2.33. The van der Waals surface area contributed by atoms with Crippen molar-refractivity contribution in [2.75, 3.05) is 12.4 Å². The van der Waals surface area contributed by atoms with Gasteiger partial charge in [0.25, 0.3) is 0 Å². The zero-order valence-electron chi connectivity index (χ0n) is 13.9. The molecule has 3 aromatic heterocycles. The summed E-state index contributed by atoms with van der Waals surface area (Å²) < 4.78 is 7.56. The monoisotopic (exact) mass is 351 g/mol. The molecule has 0 aliphatic rings. The Kier molecular flexibility index (Phi) is 4.07. The van der Waals surface area contributed by atoms with Gasteiger partial charge in [0.15, 0.2) is 0 Å². The minimum Gasteiger partial charge on any atom is -0.496 e. The maximum atomic E-state index is 5.57. The second kappa shape index (κ2) is 6.52. The maximum absolute atomic E-state index is 5.57. The highest BCUT2D eigenvalue weighted by molar-refractivity contribution is 7.16. The van der Waals surface area contributed by atoms with Gasteiger partial charge in [0.05, 0.1) is 12.5 Å². The van der Waals surface area contributed by atoms with Crippen LogP contribution in [0.5, 0.6) is 5.75 Å². The number of methoxy groups -OCH3 is 1. The number of hydrogen-bond acceptors (Lipinski definition) is 6. The average Bonchev–Trinajstić information content (AvgIpc) is 3.29. The van der Waals surface area contributed by atoms with Crippen LogP contribution >= 0.6 is 11.3 Å². The van der Waals surface area contributed by atoms with Crippen molar-refractivity contribution < 1.29 is 4.74 Å². The van der Waals surface area contributed by atoms with Crippen LogP contribution in [-0.2, 0) is 7.05 Å². The standard InChI is InChI=1S/C18H17N5OS/c1-23-9-8-19-17(23)15(12-5-3-4-6-14(12)24-2)22-16-13-7-10-25-18(13)21-11-20-16/h3-11,15H,1-2H3,(H,20,21,22)/t15-/m0/s1. The molecule has 0 spiro atoms. The number of anilines is 1. The van der Waals surface area contributed by atoms with Crippen LogP contribution in [0.3, 0.4) is 0 Å². The van der Waals surface area contributed by atoms with Crippen molar-refractivity contribution in [3.63, 3.8) is 0 Å². The Morgan fingerprint density at radius 3 is 2.84 bits per heavy atom. The number of aromatic nitrogens is 4. The van der Waals surface area contributed by atoms with Crippen LogP contribution in [0.25, 0.3) is 10.2 Å². The van der Waals surface area contributed by atoms with E-state index in [9.17, 15) is 0 Å². The minimum absolute atomic E-state index is 0.200. The first kappa shape index (κ1) is 15.6. The van der Waals surface area contributed by atoms with Crippen molar-refractivity contribution in [3.8, 4) is 5.75 Å². The smallest absolute Gasteiger partial charge is 0.139 e. The highest BCUT2D eigenvalue weighted by Gasteiger charge is 2.23. The number of rotatable bonds is 5. The molecule has 126 valence electrons. The van der Waals surface area contributed by atoms with Crippen molar-refractivity contribution in [2.45, 2.75) is 6.04 Å². The third kappa shape index (κ3) is 2.83.